The van der Waals surface area contributed by atoms with E-state index in [0.717, 1.165) is 6.42 Å². The Kier molecular flexibility index (Phi) is 5.46. The highest BCUT2D eigenvalue weighted by molar-refractivity contribution is 5.89. The van der Waals surface area contributed by atoms with Crippen molar-refractivity contribution in [1.29, 1.82) is 0 Å². The van der Waals surface area contributed by atoms with E-state index in [2.05, 4.69) is 31.2 Å². The van der Waals surface area contributed by atoms with Gasteiger partial charge in [0.15, 0.2) is 0 Å². The smallest absolute Gasteiger partial charge is 0.338 e. The number of nitro benzene ring substituents is 1. The average molecular weight is 351 g/mol. The number of hydrogen-bond donors (Lipinski definition) is 0. The lowest BCUT2D eigenvalue weighted by molar-refractivity contribution is -0.384. The molecule has 5 heteroatoms. The Morgan fingerprint density at radius 1 is 1.15 bits per heavy atom. The number of non-ortho nitro benzene ring substituents is 1. The molecule has 3 atom stereocenters. The molecule has 0 heterocycles. The second-order valence-electron chi connectivity index (χ2n) is 6.60. The summed E-state index contributed by atoms with van der Waals surface area (Å²) in [6.07, 6.45) is 5.20. The zero-order valence-corrected chi connectivity index (χ0v) is 14.6. The van der Waals surface area contributed by atoms with E-state index >= 15 is 0 Å². The second-order valence-corrected chi connectivity index (χ2v) is 6.60. The van der Waals surface area contributed by atoms with Crippen molar-refractivity contribution in [2.45, 2.75) is 13.3 Å². The van der Waals surface area contributed by atoms with Gasteiger partial charge in [-0.25, -0.2) is 4.79 Å². The van der Waals surface area contributed by atoms with Crippen molar-refractivity contribution in [3.05, 3.63) is 81.9 Å². The summed E-state index contributed by atoms with van der Waals surface area (Å²) >= 11 is 0. The summed E-state index contributed by atoms with van der Waals surface area (Å²) in [7, 11) is 0. The fourth-order valence-electron chi connectivity index (χ4n) is 3.23. The minimum atomic E-state index is -0.493. The van der Waals surface area contributed by atoms with Crippen molar-refractivity contribution in [3.63, 3.8) is 0 Å². The fourth-order valence-corrected chi connectivity index (χ4v) is 3.23. The minimum absolute atomic E-state index is 0.0404. The predicted octanol–water partition coefficient (Wildman–Crippen LogP) is 4.74. The van der Waals surface area contributed by atoms with Gasteiger partial charge in [0.2, 0.25) is 0 Å². The first kappa shape index (κ1) is 17.9. The maximum atomic E-state index is 12.0. The van der Waals surface area contributed by atoms with E-state index < -0.39 is 10.9 Å². The molecule has 5 nitrogen and oxygen atoms in total. The summed E-state index contributed by atoms with van der Waals surface area (Å²) in [5, 5.41) is 10.6. The number of rotatable bonds is 7. The van der Waals surface area contributed by atoms with E-state index in [1.54, 1.807) is 0 Å². The first-order valence-corrected chi connectivity index (χ1v) is 8.71. The number of nitro groups is 1. The van der Waals surface area contributed by atoms with Crippen molar-refractivity contribution < 1.29 is 14.5 Å². The van der Waals surface area contributed by atoms with Crippen molar-refractivity contribution in [1.82, 2.24) is 0 Å². The van der Waals surface area contributed by atoms with Gasteiger partial charge < -0.3 is 4.74 Å². The Labute approximate surface area is 152 Å². The van der Waals surface area contributed by atoms with Gasteiger partial charge >= 0.3 is 5.97 Å². The Morgan fingerprint density at radius 2 is 1.85 bits per heavy atom. The highest BCUT2D eigenvalue weighted by atomic mass is 16.6. The van der Waals surface area contributed by atoms with Gasteiger partial charge in [0.05, 0.1) is 17.1 Å². The maximum Gasteiger partial charge on any atom is 0.338 e. The normalized spacial score (nSPS) is 21.5. The van der Waals surface area contributed by atoms with Gasteiger partial charge in [0.1, 0.15) is 0 Å². The number of allylic oxidation sites excluding steroid dienone is 1. The molecule has 3 rings (SSSR count). The molecule has 0 N–H and O–H groups in total. The Morgan fingerprint density at radius 3 is 2.50 bits per heavy atom. The molecule has 0 aromatic heterocycles. The van der Waals surface area contributed by atoms with Gasteiger partial charge in [-0.1, -0.05) is 49.4 Å². The molecule has 0 saturated heterocycles. The molecular weight excluding hydrogens is 330 g/mol. The molecule has 2 aromatic carbocycles. The lowest BCUT2D eigenvalue weighted by atomic mass is 10.1. The number of ether oxygens (including phenoxy) is 1. The van der Waals surface area contributed by atoms with E-state index in [1.807, 2.05) is 18.2 Å². The lowest BCUT2D eigenvalue weighted by Gasteiger charge is -2.04. The summed E-state index contributed by atoms with van der Waals surface area (Å²) in [4.78, 5) is 22.1. The van der Waals surface area contributed by atoms with Crippen LogP contribution in [0.3, 0.4) is 0 Å². The minimum Gasteiger partial charge on any atom is -0.462 e. The topological polar surface area (TPSA) is 69.4 Å². The third-order valence-corrected chi connectivity index (χ3v) is 4.94. The van der Waals surface area contributed by atoms with Crippen LogP contribution in [0.1, 0.15) is 29.3 Å². The van der Waals surface area contributed by atoms with Crippen LogP contribution in [-0.4, -0.2) is 17.5 Å². The molecule has 134 valence electrons. The van der Waals surface area contributed by atoms with E-state index in [1.165, 1.54) is 29.8 Å². The highest BCUT2D eigenvalue weighted by Crippen LogP contribution is 2.49. The molecule has 0 radical (unpaired) electrons. The molecular formula is C21H21NO4. The first-order valence-electron chi connectivity index (χ1n) is 8.71. The van der Waals surface area contributed by atoms with Gasteiger partial charge in [0.25, 0.3) is 5.69 Å². The zero-order valence-electron chi connectivity index (χ0n) is 14.6. The molecule has 0 unspecified atom stereocenters. The molecule has 0 aliphatic heterocycles. The molecule has 1 saturated carbocycles. The number of benzene rings is 2. The van der Waals surface area contributed by atoms with Gasteiger partial charge in [-0.3, -0.25) is 10.1 Å². The lowest BCUT2D eigenvalue weighted by Crippen LogP contribution is -2.07. The molecule has 2 aromatic rings. The number of nitrogens with zero attached hydrogens (tertiary/aromatic N) is 1. The van der Waals surface area contributed by atoms with E-state index in [-0.39, 0.29) is 5.69 Å². The van der Waals surface area contributed by atoms with Crippen LogP contribution in [-0.2, 0) is 4.74 Å². The van der Waals surface area contributed by atoms with Crippen molar-refractivity contribution in [2.24, 2.45) is 17.8 Å². The molecule has 0 bridgehead atoms. The van der Waals surface area contributed by atoms with Crippen LogP contribution in [0.5, 0.6) is 0 Å². The Balaban J connectivity index is 1.44. The molecule has 1 aliphatic carbocycles. The fraction of sp³-hybridized carbons (Fsp3) is 0.286. The Hall–Kier alpha value is -2.95. The van der Waals surface area contributed by atoms with Crippen LogP contribution in [0.2, 0.25) is 0 Å². The summed E-state index contributed by atoms with van der Waals surface area (Å²) in [5.41, 5.74) is 1.48. The standard InChI is InChI=1S/C21H21NO4/c1-15-19(12-7-16-5-3-2-4-6-16)20(15)13-14-26-21(23)17-8-10-18(11-9-17)22(24)25/h2-12,15,19-20H,13-14H2,1H3/b12-7+/t15-,19+,20-/m1/s1. The van der Waals surface area contributed by atoms with Crippen molar-refractivity contribution in [2.75, 3.05) is 6.61 Å². The number of carbonyl (C=O) groups is 1. The molecule has 1 aliphatic rings. The van der Waals surface area contributed by atoms with Crippen molar-refractivity contribution >= 4 is 17.7 Å². The predicted molar refractivity (Wildman–Crippen MR) is 99.6 cm³/mol. The van der Waals surface area contributed by atoms with E-state index in [9.17, 15) is 14.9 Å². The van der Waals surface area contributed by atoms with Crippen LogP contribution in [0.4, 0.5) is 5.69 Å². The third-order valence-electron chi connectivity index (χ3n) is 4.94. The number of esters is 1. The highest BCUT2D eigenvalue weighted by Gasteiger charge is 2.44. The van der Waals surface area contributed by atoms with E-state index in [4.69, 9.17) is 4.74 Å². The monoisotopic (exact) mass is 351 g/mol. The number of hydrogen-bond acceptors (Lipinski definition) is 4. The molecule has 1 fully saturated rings. The quantitative estimate of drug-likeness (QED) is 0.410. The van der Waals surface area contributed by atoms with Gasteiger partial charge in [-0.15, -0.1) is 0 Å². The van der Waals surface area contributed by atoms with Crippen LogP contribution < -0.4 is 0 Å². The average Bonchev–Trinajstić information content (AvgIpc) is 3.28. The van der Waals surface area contributed by atoms with Crippen LogP contribution in [0.15, 0.2) is 60.7 Å². The number of carbonyl (C=O) groups excluding carboxylic acids is 1. The molecule has 0 amide bonds. The largest absolute Gasteiger partial charge is 0.462 e. The third kappa shape index (κ3) is 4.36. The van der Waals surface area contributed by atoms with Gasteiger partial charge in [0, 0.05) is 12.1 Å². The Bertz CT molecular complexity index is 799. The second kappa shape index (κ2) is 7.95. The zero-order chi connectivity index (χ0) is 18.5. The SMILES string of the molecule is C[C@@H]1[C@H](/C=C/c2ccccc2)[C@@H]1CCOC(=O)c1ccc([N+](=O)[O-])cc1. The van der Waals surface area contributed by atoms with Gasteiger partial charge in [-0.2, -0.15) is 0 Å². The summed E-state index contributed by atoms with van der Waals surface area (Å²) in [6.45, 7) is 2.57. The van der Waals surface area contributed by atoms with Crippen LogP contribution in [0, 0.1) is 27.9 Å². The van der Waals surface area contributed by atoms with Crippen LogP contribution >= 0.6 is 0 Å². The molecule has 0 spiro atoms. The first-order chi connectivity index (χ1) is 12.6. The molecule has 26 heavy (non-hydrogen) atoms. The summed E-state index contributed by atoms with van der Waals surface area (Å²) in [6, 6.07) is 15.6. The summed E-state index contributed by atoms with van der Waals surface area (Å²) < 4.78 is 5.31. The maximum absolute atomic E-state index is 12.0. The van der Waals surface area contributed by atoms with Crippen molar-refractivity contribution in [3.8, 4) is 0 Å². The van der Waals surface area contributed by atoms with E-state index in [0.29, 0.717) is 29.9 Å². The van der Waals surface area contributed by atoms with Crippen LogP contribution in [0.25, 0.3) is 6.08 Å². The van der Waals surface area contributed by atoms with Gasteiger partial charge in [-0.05, 0) is 41.9 Å². The summed E-state index contributed by atoms with van der Waals surface area (Å²) in [5.74, 6) is 1.20.